The lowest BCUT2D eigenvalue weighted by atomic mass is 10.1. The van der Waals surface area contributed by atoms with Crippen LogP contribution in [0, 0.1) is 0 Å². The molecule has 0 heterocycles. The number of nitrogens with zero attached hydrogens (tertiary/aromatic N) is 1. The predicted octanol–water partition coefficient (Wildman–Crippen LogP) is 2.82. The fourth-order valence-corrected chi connectivity index (χ4v) is 3.53. The minimum Gasteiger partial charge on any atom is -0.462 e. The van der Waals surface area contributed by atoms with E-state index in [4.69, 9.17) is 4.74 Å². The number of rotatable bonds is 8. The highest BCUT2D eigenvalue weighted by Crippen LogP contribution is 2.14. The van der Waals surface area contributed by atoms with Gasteiger partial charge in [0.25, 0.3) is 5.91 Å². The Morgan fingerprint density at radius 1 is 1.07 bits per heavy atom. The highest BCUT2D eigenvalue weighted by atomic mass is 32.2. The fraction of sp³-hybridized carbons (Fsp3) is 0.333. The molecule has 1 N–H and O–H groups in total. The lowest BCUT2D eigenvalue weighted by Gasteiger charge is -2.21. The number of nitrogens with one attached hydrogen (secondary N) is 1. The molecule has 1 amide bonds. The van der Waals surface area contributed by atoms with Gasteiger partial charge in [0.2, 0.25) is 10.0 Å². The number of sulfonamides is 1. The third kappa shape index (κ3) is 5.88. The normalized spacial score (nSPS) is 11.3. The summed E-state index contributed by atoms with van der Waals surface area (Å²) in [7, 11) is -2.08. The Kier molecular flexibility index (Phi) is 7.53. The first-order valence-corrected chi connectivity index (χ1v) is 10.8. The van der Waals surface area contributed by atoms with E-state index >= 15 is 0 Å². The van der Waals surface area contributed by atoms with E-state index in [1.807, 2.05) is 13.8 Å². The predicted molar refractivity (Wildman–Crippen MR) is 110 cm³/mol. The van der Waals surface area contributed by atoms with E-state index < -0.39 is 16.0 Å². The molecule has 2 aromatic carbocycles. The number of amides is 1. The first-order valence-electron chi connectivity index (χ1n) is 9.28. The molecule has 0 saturated carbocycles. The highest BCUT2D eigenvalue weighted by molar-refractivity contribution is 7.89. The third-order valence-electron chi connectivity index (χ3n) is 4.42. The summed E-state index contributed by atoms with van der Waals surface area (Å²) in [5.74, 6) is -0.668. The maximum Gasteiger partial charge on any atom is 0.338 e. The molecule has 29 heavy (non-hydrogen) atoms. The van der Waals surface area contributed by atoms with Gasteiger partial charge in [0.1, 0.15) is 0 Å². The number of hydrogen-bond acceptors (Lipinski definition) is 5. The van der Waals surface area contributed by atoms with Crippen molar-refractivity contribution in [2.24, 2.45) is 0 Å². The minimum absolute atomic E-state index is 0.0200. The average molecular weight is 419 g/mol. The molecule has 0 aliphatic heterocycles. The number of ether oxygens (including phenoxy) is 1. The molecule has 0 unspecified atom stereocenters. The fourth-order valence-electron chi connectivity index (χ4n) is 2.47. The quantitative estimate of drug-likeness (QED) is 0.666. The number of hydrogen-bond donors (Lipinski definition) is 1. The third-order valence-corrected chi connectivity index (χ3v) is 5.82. The van der Waals surface area contributed by atoms with Gasteiger partial charge in [-0.15, -0.1) is 0 Å². The van der Waals surface area contributed by atoms with Crippen LogP contribution in [0.4, 0.5) is 0 Å². The van der Waals surface area contributed by atoms with Crippen LogP contribution in [-0.2, 0) is 21.3 Å². The summed E-state index contributed by atoms with van der Waals surface area (Å²) in [6, 6.07) is 12.5. The van der Waals surface area contributed by atoms with Crippen LogP contribution in [0.2, 0.25) is 0 Å². The monoisotopic (exact) mass is 418 g/mol. The van der Waals surface area contributed by atoms with E-state index in [1.54, 1.807) is 43.1 Å². The molecule has 156 valence electrons. The van der Waals surface area contributed by atoms with Gasteiger partial charge in [-0.05, 0) is 56.7 Å². The van der Waals surface area contributed by atoms with Gasteiger partial charge < -0.3 is 9.64 Å². The standard InChI is InChI=1S/C21H26N2O5S/c1-5-28-21(25)18-7-6-8-19(13-18)29(26,27)22-14-16-9-11-17(12-10-16)20(24)23(4)15(2)3/h6-13,15,22H,5,14H2,1-4H3. The second kappa shape index (κ2) is 9.67. The van der Waals surface area contributed by atoms with Crippen molar-refractivity contribution in [2.45, 2.75) is 38.3 Å². The van der Waals surface area contributed by atoms with Gasteiger partial charge in [0.05, 0.1) is 17.1 Å². The maximum atomic E-state index is 12.6. The summed E-state index contributed by atoms with van der Waals surface area (Å²) in [6.07, 6.45) is 0. The van der Waals surface area contributed by atoms with E-state index in [0.717, 1.165) is 0 Å². The molecule has 7 nitrogen and oxygen atoms in total. The lowest BCUT2D eigenvalue weighted by Crippen LogP contribution is -2.32. The van der Waals surface area contributed by atoms with Crippen LogP contribution in [0.1, 0.15) is 47.1 Å². The zero-order chi connectivity index (χ0) is 21.6. The van der Waals surface area contributed by atoms with Crippen molar-refractivity contribution < 1.29 is 22.7 Å². The summed E-state index contributed by atoms with van der Waals surface area (Å²) in [5, 5.41) is 0. The molecule has 0 aliphatic carbocycles. The highest BCUT2D eigenvalue weighted by Gasteiger charge is 2.17. The Labute approximate surface area is 171 Å². The zero-order valence-corrected chi connectivity index (χ0v) is 17.8. The molecule has 0 saturated heterocycles. The molecule has 2 aromatic rings. The molecular formula is C21H26N2O5S. The molecular weight excluding hydrogens is 392 g/mol. The van der Waals surface area contributed by atoms with Gasteiger partial charge >= 0.3 is 5.97 Å². The SMILES string of the molecule is CCOC(=O)c1cccc(S(=O)(=O)NCc2ccc(C(=O)N(C)C(C)C)cc2)c1. The number of esters is 1. The van der Waals surface area contributed by atoms with Crippen molar-refractivity contribution in [3.8, 4) is 0 Å². The summed E-state index contributed by atoms with van der Waals surface area (Å²) >= 11 is 0. The summed E-state index contributed by atoms with van der Waals surface area (Å²) < 4.78 is 32.5. The van der Waals surface area contributed by atoms with Gasteiger partial charge in [-0.2, -0.15) is 0 Å². The zero-order valence-electron chi connectivity index (χ0n) is 17.0. The van der Waals surface area contributed by atoms with Gasteiger partial charge in [0.15, 0.2) is 0 Å². The smallest absolute Gasteiger partial charge is 0.338 e. The molecule has 8 heteroatoms. The Balaban J connectivity index is 2.08. The van der Waals surface area contributed by atoms with Crippen molar-refractivity contribution in [1.82, 2.24) is 9.62 Å². The van der Waals surface area contributed by atoms with Crippen molar-refractivity contribution >= 4 is 21.9 Å². The van der Waals surface area contributed by atoms with Crippen LogP contribution in [0.3, 0.4) is 0 Å². The van der Waals surface area contributed by atoms with Crippen LogP contribution < -0.4 is 4.72 Å². The van der Waals surface area contributed by atoms with Crippen LogP contribution in [-0.4, -0.2) is 44.9 Å². The Bertz CT molecular complexity index is 969. The summed E-state index contributed by atoms with van der Waals surface area (Å²) in [5.41, 5.74) is 1.42. The average Bonchev–Trinajstić information content (AvgIpc) is 2.72. The van der Waals surface area contributed by atoms with Crippen LogP contribution in [0.5, 0.6) is 0 Å². The van der Waals surface area contributed by atoms with E-state index in [9.17, 15) is 18.0 Å². The Morgan fingerprint density at radius 2 is 1.72 bits per heavy atom. The summed E-state index contributed by atoms with van der Waals surface area (Å²) in [4.78, 5) is 25.7. The second-order valence-corrected chi connectivity index (χ2v) is 8.55. The van der Waals surface area contributed by atoms with E-state index in [0.29, 0.717) is 11.1 Å². The van der Waals surface area contributed by atoms with Crippen LogP contribution >= 0.6 is 0 Å². The molecule has 0 aromatic heterocycles. The van der Waals surface area contributed by atoms with Gasteiger partial charge in [-0.25, -0.2) is 17.9 Å². The summed E-state index contributed by atoms with van der Waals surface area (Å²) in [6.45, 7) is 5.80. The number of carbonyl (C=O) groups excluding carboxylic acids is 2. The van der Waals surface area contributed by atoms with Gasteiger partial charge in [-0.1, -0.05) is 18.2 Å². The molecule has 0 bridgehead atoms. The molecule has 2 rings (SSSR count). The molecule has 0 aliphatic rings. The van der Waals surface area contributed by atoms with Gasteiger partial charge in [-0.3, -0.25) is 4.79 Å². The van der Waals surface area contributed by atoms with Crippen molar-refractivity contribution in [3.05, 3.63) is 65.2 Å². The van der Waals surface area contributed by atoms with Crippen molar-refractivity contribution in [1.29, 1.82) is 0 Å². The molecule has 0 atom stereocenters. The largest absolute Gasteiger partial charge is 0.462 e. The number of carbonyl (C=O) groups is 2. The van der Waals surface area contributed by atoms with Crippen molar-refractivity contribution in [2.75, 3.05) is 13.7 Å². The van der Waals surface area contributed by atoms with E-state index in [1.165, 1.54) is 24.3 Å². The Hall–Kier alpha value is -2.71. The van der Waals surface area contributed by atoms with Crippen LogP contribution in [0.25, 0.3) is 0 Å². The lowest BCUT2D eigenvalue weighted by molar-refractivity contribution is 0.0525. The van der Waals surface area contributed by atoms with Gasteiger partial charge in [0, 0.05) is 25.2 Å². The molecule has 0 spiro atoms. The maximum absolute atomic E-state index is 12.6. The first kappa shape index (κ1) is 22.6. The first-order chi connectivity index (χ1) is 13.7. The van der Waals surface area contributed by atoms with E-state index in [-0.39, 0.29) is 35.6 Å². The Morgan fingerprint density at radius 3 is 2.31 bits per heavy atom. The number of benzene rings is 2. The van der Waals surface area contributed by atoms with Crippen molar-refractivity contribution in [3.63, 3.8) is 0 Å². The van der Waals surface area contributed by atoms with Crippen LogP contribution in [0.15, 0.2) is 53.4 Å². The molecule has 0 radical (unpaired) electrons. The topological polar surface area (TPSA) is 92.8 Å². The van der Waals surface area contributed by atoms with E-state index in [2.05, 4.69) is 4.72 Å². The minimum atomic E-state index is -3.81. The second-order valence-electron chi connectivity index (χ2n) is 6.78. The molecule has 0 fully saturated rings.